The van der Waals surface area contributed by atoms with Gasteiger partial charge in [-0.25, -0.2) is 0 Å². The number of rotatable bonds is 4. The van der Waals surface area contributed by atoms with Crippen LogP contribution in [0.4, 0.5) is 0 Å². The predicted molar refractivity (Wildman–Crippen MR) is 79.6 cm³/mol. The van der Waals surface area contributed by atoms with Crippen molar-refractivity contribution in [1.82, 2.24) is 9.88 Å². The van der Waals surface area contributed by atoms with Gasteiger partial charge in [0, 0.05) is 36.0 Å². The van der Waals surface area contributed by atoms with E-state index < -0.39 is 0 Å². The minimum Gasteiger partial charge on any atom is -0.352 e. The Hall–Kier alpha value is -1.06. The number of hydrogen-bond donors (Lipinski definition) is 1. The summed E-state index contributed by atoms with van der Waals surface area (Å²) >= 11 is 3.49. The predicted octanol–water partition coefficient (Wildman–Crippen LogP) is 3.69. The summed E-state index contributed by atoms with van der Waals surface area (Å²) in [6, 6.07) is 10.7. The Morgan fingerprint density at radius 2 is 1.94 bits per heavy atom. The second-order valence-electron chi connectivity index (χ2n) is 4.69. The lowest BCUT2D eigenvalue weighted by molar-refractivity contribution is 0.687. The first-order valence-corrected chi connectivity index (χ1v) is 6.94. The molecule has 1 aromatic carbocycles. The zero-order valence-corrected chi connectivity index (χ0v) is 12.7. The molecule has 0 aliphatic heterocycles. The number of hydrogen-bond acceptors (Lipinski definition) is 1. The average molecular weight is 307 g/mol. The molecule has 2 rings (SSSR count). The number of nitrogens with one attached hydrogen (secondary N) is 1. The normalized spacial score (nSPS) is 10.9. The largest absolute Gasteiger partial charge is 0.352 e. The van der Waals surface area contributed by atoms with Gasteiger partial charge in [-0.2, -0.15) is 0 Å². The topological polar surface area (TPSA) is 17.0 Å². The highest BCUT2D eigenvalue weighted by molar-refractivity contribution is 9.10. The van der Waals surface area contributed by atoms with Gasteiger partial charge in [-0.05, 0) is 43.2 Å². The lowest BCUT2D eigenvalue weighted by Crippen LogP contribution is -2.13. The Labute approximate surface area is 117 Å². The van der Waals surface area contributed by atoms with Gasteiger partial charge < -0.3 is 9.88 Å². The average Bonchev–Trinajstić information content (AvgIpc) is 2.57. The van der Waals surface area contributed by atoms with Crippen molar-refractivity contribution in [3.8, 4) is 0 Å². The van der Waals surface area contributed by atoms with E-state index in [2.05, 4.69) is 71.0 Å². The van der Waals surface area contributed by atoms with E-state index in [0.29, 0.717) is 0 Å². The van der Waals surface area contributed by atoms with Crippen LogP contribution in [0, 0.1) is 13.8 Å². The van der Waals surface area contributed by atoms with E-state index in [1.807, 2.05) is 6.07 Å². The molecule has 1 N–H and O–H groups in total. The highest BCUT2D eigenvalue weighted by Gasteiger charge is 2.05. The summed E-state index contributed by atoms with van der Waals surface area (Å²) in [7, 11) is 2.11. The minimum absolute atomic E-state index is 0.896. The first kappa shape index (κ1) is 13.4. The summed E-state index contributed by atoms with van der Waals surface area (Å²) in [4.78, 5) is 0. The number of aryl methyl sites for hydroxylation is 1. The number of halogens is 1. The molecule has 0 saturated carbocycles. The van der Waals surface area contributed by atoms with Crippen molar-refractivity contribution in [2.75, 3.05) is 0 Å². The molecule has 0 radical (unpaired) electrons. The van der Waals surface area contributed by atoms with Crippen LogP contribution in [0.5, 0.6) is 0 Å². The van der Waals surface area contributed by atoms with Gasteiger partial charge in [0.25, 0.3) is 0 Å². The maximum atomic E-state index is 3.49. The van der Waals surface area contributed by atoms with Crippen LogP contribution in [-0.4, -0.2) is 4.57 Å². The molecular weight excluding hydrogens is 288 g/mol. The molecule has 0 saturated heterocycles. The molecular formula is C15H19BrN2. The zero-order valence-electron chi connectivity index (χ0n) is 11.1. The van der Waals surface area contributed by atoms with Crippen LogP contribution >= 0.6 is 15.9 Å². The van der Waals surface area contributed by atoms with Crippen LogP contribution in [0.3, 0.4) is 0 Å². The maximum absolute atomic E-state index is 3.49. The molecule has 3 heteroatoms. The molecule has 1 heterocycles. The summed E-state index contributed by atoms with van der Waals surface area (Å²) in [6.07, 6.45) is 0. The van der Waals surface area contributed by atoms with Gasteiger partial charge in [0.15, 0.2) is 0 Å². The van der Waals surface area contributed by atoms with Gasteiger partial charge >= 0.3 is 0 Å². The fourth-order valence-electron chi connectivity index (χ4n) is 2.10. The Balaban J connectivity index is 1.94. The van der Waals surface area contributed by atoms with Crippen molar-refractivity contribution >= 4 is 15.9 Å². The Kier molecular flexibility index (Phi) is 4.25. The molecule has 1 aromatic heterocycles. The minimum atomic E-state index is 0.896. The Morgan fingerprint density at radius 3 is 2.56 bits per heavy atom. The van der Waals surface area contributed by atoms with Gasteiger partial charge in [0.1, 0.15) is 0 Å². The van der Waals surface area contributed by atoms with Crippen molar-refractivity contribution in [1.29, 1.82) is 0 Å². The first-order chi connectivity index (χ1) is 8.58. The van der Waals surface area contributed by atoms with Crippen molar-refractivity contribution in [3.05, 3.63) is 57.3 Å². The Bertz CT molecular complexity index is 543. The number of aromatic nitrogens is 1. The summed E-state index contributed by atoms with van der Waals surface area (Å²) in [5.41, 5.74) is 5.33. The fourth-order valence-corrected chi connectivity index (χ4v) is 2.55. The Morgan fingerprint density at radius 1 is 1.17 bits per heavy atom. The third-order valence-corrected chi connectivity index (χ3v) is 3.91. The van der Waals surface area contributed by atoms with Gasteiger partial charge in [-0.15, -0.1) is 0 Å². The highest BCUT2D eigenvalue weighted by atomic mass is 79.9. The SMILES string of the molecule is Cc1cc(CNCc2cccc(Br)c2)c(C)n1C. The standard InChI is InChI=1S/C15H19BrN2/c1-11-7-14(12(2)18(11)3)10-17-9-13-5-4-6-15(16)8-13/h4-8,17H,9-10H2,1-3H3. The molecule has 0 unspecified atom stereocenters. The monoisotopic (exact) mass is 306 g/mol. The van der Waals surface area contributed by atoms with Gasteiger partial charge in [0.2, 0.25) is 0 Å². The molecule has 0 aliphatic carbocycles. The van der Waals surface area contributed by atoms with E-state index >= 15 is 0 Å². The van der Waals surface area contributed by atoms with E-state index in [1.165, 1.54) is 22.5 Å². The molecule has 2 nitrogen and oxygen atoms in total. The number of benzene rings is 1. The van der Waals surface area contributed by atoms with E-state index in [-0.39, 0.29) is 0 Å². The molecule has 0 amide bonds. The molecule has 0 spiro atoms. The lowest BCUT2D eigenvalue weighted by Gasteiger charge is -2.06. The molecule has 0 fully saturated rings. The van der Waals surface area contributed by atoms with E-state index in [4.69, 9.17) is 0 Å². The molecule has 2 aromatic rings. The second-order valence-corrected chi connectivity index (χ2v) is 5.60. The van der Waals surface area contributed by atoms with Crippen LogP contribution in [0.25, 0.3) is 0 Å². The number of nitrogens with zero attached hydrogens (tertiary/aromatic N) is 1. The van der Waals surface area contributed by atoms with Gasteiger partial charge in [-0.1, -0.05) is 28.1 Å². The summed E-state index contributed by atoms with van der Waals surface area (Å²) in [6.45, 7) is 6.13. The van der Waals surface area contributed by atoms with Gasteiger partial charge in [0.05, 0.1) is 0 Å². The van der Waals surface area contributed by atoms with Crippen molar-refractivity contribution in [2.45, 2.75) is 26.9 Å². The molecule has 96 valence electrons. The second kappa shape index (κ2) is 5.72. The van der Waals surface area contributed by atoms with E-state index in [9.17, 15) is 0 Å². The van der Waals surface area contributed by atoms with E-state index in [0.717, 1.165) is 17.6 Å². The van der Waals surface area contributed by atoms with Crippen LogP contribution in [0.2, 0.25) is 0 Å². The summed E-state index contributed by atoms with van der Waals surface area (Å²) in [5.74, 6) is 0. The first-order valence-electron chi connectivity index (χ1n) is 6.15. The van der Waals surface area contributed by atoms with Crippen LogP contribution in [0.1, 0.15) is 22.5 Å². The van der Waals surface area contributed by atoms with Crippen LogP contribution in [-0.2, 0) is 20.1 Å². The summed E-state index contributed by atoms with van der Waals surface area (Å²) in [5, 5.41) is 3.49. The lowest BCUT2D eigenvalue weighted by atomic mass is 10.2. The van der Waals surface area contributed by atoms with E-state index in [1.54, 1.807) is 0 Å². The third-order valence-electron chi connectivity index (χ3n) is 3.41. The quantitative estimate of drug-likeness (QED) is 0.911. The smallest absolute Gasteiger partial charge is 0.0226 e. The fraction of sp³-hybridized carbons (Fsp3) is 0.333. The van der Waals surface area contributed by atoms with Crippen molar-refractivity contribution in [3.63, 3.8) is 0 Å². The van der Waals surface area contributed by atoms with Crippen molar-refractivity contribution < 1.29 is 0 Å². The third kappa shape index (κ3) is 3.03. The zero-order chi connectivity index (χ0) is 13.1. The molecule has 0 aliphatic rings. The van der Waals surface area contributed by atoms with Gasteiger partial charge in [-0.3, -0.25) is 0 Å². The van der Waals surface area contributed by atoms with Crippen LogP contribution in [0.15, 0.2) is 34.8 Å². The van der Waals surface area contributed by atoms with Crippen LogP contribution < -0.4 is 5.32 Å². The molecule has 0 atom stereocenters. The molecule has 18 heavy (non-hydrogen) atoms. The maximum Gasteiger partial charge on any atom is 0.0226 e. The summed E-state index contributed by atoms with van der Waals surface area (Å²) < 4.78 is 3.37. The van der Waals surface area contributed by atoms with Crippen molar-refractivity contribution in [2.24, 2.45) is 7.05 Å². The highest BCUT2D eigenvalue weighted by Crippen LogP contribution is 2.14. The molecule has 0 bridgehead atoms.